The fourth-order valence-electron chi connectivity index (χ4n) is 2.32. The van der Waals surface area contributed by atoms with Gasteiger partial charge >= 0.3 is 0 Å². The lowest BCUT2D eigenvalue weighted by atomic mass is 10.2. The molecule has 3 rings (SSSR count). The van der Waals surface area contributed by atoms with Crippen LogP contribution >= 0.6 is 11.6 Å². The average molecular weight is 405 g/mol. The highest BCUT2D eigenvalue weighted by Crippen LogP contribution is 2.20. The number of hydrogen-bond donors (Lipinski definition) is 2. The molecule has 0 bridgehead atoms. The summed E-state index contributed by atoms with van der Waals surface area (Å²) < 4.78 is 40.5. The fraction of sp³-hybridized carbons (Fsp3) is 0. The van der Waals surface area contributed by atoms with Gasteiger partial charge in [0.05, 0.1) is 4.90 Å². The molecule has 0 aromatic heterocycles. The van der Waals surface area contributed by atoms with E-state index in [1.165, 1.54) is 60.7 Å². The SMILES string of the molecule is O=C(Nc1cccc(F)c1)c1cccc(NS(=O)(=O)c2ccc(Cl)cc2)c1. The first kappa shape index (κ1) is 18.9. The normalized spacial score (nSPS) is 11.0. The van der Waals surface area contributed by atoms with Gasteiger partial charge in [-0.25, -0.2) is 12.8 Å². The smallest absolute Gasteiger partial charge is 0.261 e. The van der Waals surface area contributed by atoms with Gasteiger partial charge in [-0.05, 0) is 60.7 Å². The van der Waals surface area contributed by atoms with Crippen LogP contribution in [0.4, 0.5) is 15.8 Å². The summed E-state index contributed by atoms with van der Waals surface area (Å²) in [5.74, 6) is -0.967. The third-order valence-electron chi connectivity index (χ3n) is 3.58. The van der Waals surface area contributed by atoms with Crippen LogP contribution in [0.2, 0.25) is 5.02 Å². The number of anilines is 2. The summed E-state index contributed by atoms with van der Waals surface area (Å²) in [4.78, 5) is 12.4. The van der Waals surface area contributed by atoms with E-state index in [2.05, 4.69) is 10.0 Å². The minimum absolute atomic E-state index is 0.0431. The second-order valence-electron chi connectivity index (χ2n) is 5.60. The Hall–Kier alpha value is -2.90. The van der Waals surface area contributed by atoms with Gasteiger partial charge in [0.2, 0.25) is 0 Å². The second-order valence-corrected chi connectivity index (χ2v) is 7.72. The van der Waals surface area contributed by atoms with E-state index in [4.69, 9.17) is 11.6 Å². The lowest BCUT2D eigenvalue weighted by Gasteiger charge is -2.10. The van der Waals surface area contributed by atoms with Crippen molar-refractivity contribution in [3.8, 4) is 0 Å². The summed E-state index contributed by atoms with van der Waals surface area (Å²) in [6.45, 7) is 0. The Morgan fingerprint density at radius 3 is 2.26 bits per heavy atom. The highest BCUT2D eigenvalue weighted by Gasteiger charge is 2.15. The zero-order valence-electron chi connectivity index (χ0n) is 13.8. The number of benzene rings is 3. The Bertz CT molecular complexity index is 1090. The summed E-state index contributed by atoms with van der Waals surface area (Å²) in [6.07, 6.45) is 0. The molecule has 0 fully saturated rings. The Morgan fingerprint density at radius 1 is 0.889 bits per heavy atom. The monoisotopic (exact) mass is 404 g/mol. The van der Waals surface area contributed by atoms with Crippen molar-refractivity contribution >= 4 is 38.9 Å². The molecular weight excluding hydrogens is 391 g/mol. The maximum atomic E-state index is 13.2. The van der Waals surface area contributed by atoms with Crippen LogP contribution in [0.5, 0.6) is 0 Å². The molecule has 0 saturated carbocycles. The molecule has 3 aromatic carbocycles. The molecule has 138 valence electrons. The average Bonchev–Trinajstić information content (AvgIpc) is 2.62. The lowest BCUT2D eigenvalue weighted by Crippen LogP contribution is -2.15. The summed E-state index contributed by atoms with van der Waals surface area (Å²) in [6, 6.07) is 17.2. The first-order valence-corrected chi connectivity index (χ1v) is 9.65. The van der Waals surface area contributed by atoms with Crippen LogP contribution in [0.15, 0.2) is 77.7 Å². The van der Waals surface area contributed by atoms with Gasteiger partial charge in [0.15, 0.2) is 0 Å². The topological polar surface area (TPSA) is 75.3 Å². The maximum Gasteiger partial charge on any atom is 0.261 e. The second kappa shape index (κ2) is 7.77. The number of halogens is 2. The van der Waals surface area contributed by atoms with Crippen LogP contribution in [-0.2, 0) is 10.0 Å². The molecule has 0 heterocycles. The molecule has 27 heavy (non-hydrogen) atoms. The van der Waals surface area contributed by atoms with E-state index in [9.17, 15) is 17.6 Å². The number of amides is 1. The molecule has 5 nitrogen and oxygen atoms in total. The Kier molecular flexibility index (Phi) is 5.43. The van der Waals surface area contributed by atoms with E-state index in [0.29, 0.717) is 10.7 Å². The molecule has 0 radical (unpaired) electrons. The molecule has 8 heteroatoms. The lowest BCUT2D eigenvalue weighted by molar-refractivity contribution is 0.102. The minimum atomic E-state index is -3.83. The highest BCUT2D eigenvalue weighted by molar-refractivity contribution is 7.92. The predicted molar refractivity (Wildman–Crippen MR) is 103 cm³/mol. The van der Waals surface area contributed by atoms with Crippen LogP contribution in [0.25, 0.3) is 0 Å². The number of rotatable bonds is 5. The molecule has 0 aliphatic rings. The Morgan fingerprint density at radius 2 is 1.56 bits per heavy atom. The van der Waals surface area contributed by atoms with Crippen LogP contribution in [-0.4, -0.2) is 14.3 Å². The van der Waals surface area contributed by atoms with Gasteiger partial charge in [-0.1, -0.05) is 23.7 Å². The van der Waals surface area contributed by atoms with Gasteiger partial charge in [-0.2, -0.15) is 0 Å². The van der Waals surface area contributed by atoms with Crippen molar-refractivity contribution in [2.24, 2.45) is 0 Å². The zero-order valence-corrected chi connectivity index (χ0v) is 15.4. The summed E-state index contributed by atoms with van der Waals surface area (Å²) >= 11 is 5.77. The quantitative estimate of drug-likeness (QED) is 0.655. The van der Waals surface area contributed by atoms with E-state index in [1.807, 2.05) is 0 Å². The first-order chi connectivity index (χ1) is 12.8. The fourth-order valence-corrected chi connectivity index (χ4v) is 3.50. The summed E-state index contributed by atoms with van der Waals surface area (Å²) in [5.41, 5.74) is 0.736. The molecule has 2 N–H and O–H groups in total. The van der Waals surface area contributed by atoms with E-state index >= 15 is 0 Å². The minimum Gasteiger partial charge on any atom is -0.322 e. The van der Waals surface area contributed by atoms with Crippen LogP contribution in [0.3, 0.4) is 0 Å². The molecule has 1 amide bonds. The van der Waals surface area contributed by atoms with E-state index in [1.54, 1.807) is 12.1 Å². The number of carbonyl (C=O) groups excluding carboxylic acids is 1. The van der Waals surface area contributed by atoms with Crippen molar-refractivity contribution in [2.75, 3.05) is 10.0 Å². The molecule has 0 spiro atoms. The molecular formula is C19H14ClFN2O3S. The third kappa shape index (κ3) is 4.84. The van der Waals surface area contributed by atoms with Gasteiger partial charge in [-0.3, -0.25) is 9.52 Å². The number of hydrogen-bond acceptors (Lipinski definition) is 3. The number of nitrogens with one attached hydrogen (secondary N) is 2. The van der Waals surface area contributed by atoms with E-state index in [-0.39, 0.29) is 16.1 Å². The van der Waals surface area contributed by atoms with Gasteiger partial charge in [0, 0.05) is 22.0 Å². The molecule has 0 unspecified atom stereocenters. The summed E-state index contributed by atoms with van der Waals surface area (Å²) in [5, 5.41) is 2.98. The molecule has 3 aromatic rings. The summed E-state index contributed by atoms with van der Waals surface area (Å²) in [7, 11) is -3.83. The Balaban J connectivity index is 1.79. The Labute approximate surface area is 160 Å². The molecule has 0 aliphatic carbocycles. The van der Waals surface area contributed by atoms with Gasteiger partial charge < -0.3 is 5.32 Å². The molecule has 0 atom stereocenters. The zero-order chi connectivity index (χ0) is 19.4. The van der Waals surface area contributed by atoms with Gasteiger partial charge in [0.1, 0.15) is 5.82 Å². The number of carbonyl (C=O) groups is 1. The van der Waals surface area contributed by atoms with Gasteiger partial charge in [0.25, 0.3) is 15.9 Å². The third-order valence-corrected chi connectivity index (χ3v) is 5.23. The largest absolute Gasteiger partial charge is 0.322 e. The number of sulfonamides is 1. The van der Waals surface area contributed by atoms with Crippen molar-refractivity contribution in [1.82, 2.24) is 0 Å². The van der Waals surface area contributed by atoms with E-state index < -0.39 is 21.7 Å². The van der Waals surface area contributed by atoms with Crippen molar-refractivity contribution in [3.05, 3.63) is 89.2 Å². The van der Waals surface area contributed by atoms with Crippen LogP contribution < -0.4 is 10.0 Å². The van der Waals surface area contributed by atoms with Crippen LogP contribution in [0.1, 0.15) is 10.4 Å². The van der Waals surface area contributed by atoms with Crippen molar-refractivity contribution < 1.29 is 17.6 Å². The van der Waals surface area contributed by atoms with Gasteiger partial charge in [-0.15, -0.1) is 0 Å². The van der Waals surface area contributed by atoms with Crippen molar-refractivity contribution in [1.29, 1.82) is 0 Å². The van der Waals surface area contributed by atoms with Crippen LogP contribution in [0, 0.1) is 5.82 Å². The van der Waals surface area contributed by atoms with Crippen molar-refractivity contribution in [3.63, 3.8) is 0 Å². The molecule has 0 saturated heterocycles. The highest BCUT2D eigenvalue weighted by atomic mass is 35.5. The van der Waals surface area contributed by atoms with Crippen molar-refractivity contribution in [2.45, 2.75) is 4.90 Å². The van der Waals surface area contributed by atoms with E-state index in [0.717, 1.165) is 0 Å². The molecule has 0 aliphatic heterocycles. The maximum absolute atomic E-state index is 13.2. The predicted octanol–water partition coefficient (Wildman–Crippen LogP) is 4.53. The first-order valence-electron chi connectivity index (χ1n) is 7.79. The standard InChI is InChI=1S/C19H14ClFN2O3S/c20-14-7-9-18(10-8-14)27(25,26)23-17-6-1-3-13(11-17)19(24)22-16-5-2-4-15(21)12-16/h1-12,23H,(H,22,24).